The Morgan fingerprint density at radius 2 is 2.40 bits per heavy atom. The van der Waals surface area contributed by atoms with Crippen molar-refractivity contribution in [3.05, 3.63) is 44.5 Å². The van der Waals surface area contributed by atoms with Gasteiger partial charge in [-0.25, -0.2) is 0 Å². The fourth-order valence-electron chi connectivity index (χ4n) is 1.96. The van der Waals surface area contributed by atoms with Gasteiger partial charge in [0.25, 0.3) is 0 Å². The Bertz CT molecular complexity index is 661. The van der Waals surface area contributed by atoms with Crippen LogP contribution in [-0.2, 0) is 9.53 Å². The van der Waals surface area contributed by atoms with Gasteiger partial charge in [0.1, 0.15) is 0 Å². The molecule has 1 aromatic carbocycles. The summed E-state index contributed by atoms with van der Waals surface area (Å²) < 4.78 is 6.03. The Labute approximate surface area is 122 Å². The Morgan fingerprint density at radius 3 is 3.00 bits per heavy atom. The summed E-state index contributed by atoms with van der Waals surface area (Å²) in [6.45, 7) is 2.54. The van der Waals surface area contributed by atoms with E-state index in [9.17, 15) is 9.90 Å². The first-order chi connectivity index (χ1) is 9.67. The first-order valence-corrected chi connectivity index (χ1v) is 7.70. The zero-order valence-electron chi connectivity index (χ0n) is 10.7. The number of carbonyl (C=O) groups is 1. The third kappa shape index (κ3) is 2.90. The molecule has 0 saturated carbocycles. The van der Waals surface area contributed by atoms with Gasteiger partial charge in [-0.2, -0.15) is 0 Å². The molecule has 0 aliphatic rings. The van der Waals surface area contributed by atoms with Crippen LogP contribution in [0.1, 0.15) is 27.2 Å². The van der Waals surface area contributed by atoms with Gasteiger partial charge in [-0.15, -0.1) is 0 Å². The SMILES string of the molecule is Cc1nc[se]c1C(COC=O)c1ccc(O)c(C#N)c1. The van der Waals surface area contributed by atoms with Gasteiger partial charge < -0.3 is 0 Å². The van der Waals surface area contributed by atoms with Crippen LogP contribution in [0.25, 0.3) is 0 Å². The molecule has 0 amide bonds. The predicted octanol–water partition coefficient (Wildman–Crippen LogP) is 1.33. The summed E-state index contributed by atoms with van der Waals surface area (Å²) in [5.74, 6) is -0.180. The molecule has 6 heteroatoms. The number of ether oxygens (including phenoxy) is 1. The van der Waals surface area contributed by atoms with E-state index in [4.69, 9.17) is 10.00 Å². The maximum absolute atomic E-state index is 10.5. The minimum absolute atomic E-state index is 0.0508. The van der Waals surface area contributed by atoms with Gasteiger partial charge in [0.15, 0.2) is 0 Å². The fraction of sp³-hybridized carbons (Fsp3) is 0.214. The number of hydrogen-bond acceptors (Lipinski definition) is 5. The van der Waals surface area contributed by atoms with E-state index < -0.39 is 0 Å². The molecule has 0 spiro atoms. The quantitative estimate of drug-likeness (QED) is 0.658. The second-order valence-electron chi connectivity index (χ2n) is 4.17. The summed E-state index contributed by atoms with van der Waals surface area (Å²) in [5.41, 5.74) is 1.97. The molecule has 1 N–H and O–H groups in total. The normalized spacial score (nSPS) is 11.6. The van der Waals surface area contributed by atoms with E-state index in [2.05, 4.69) is 4.98 Å². The van der Waals surface area contributed by atoms with Crippen LogP contribution < -0.4 is 0 Å². The number of phenols is 1. The van der Waals surface area contributed by atoms with Gasteiger partial charge >= 0.3 is 122 Å². The Morgan fingerprint density at radius 1 is 1.60 bits per heavy atom. The Kier molecular flexibility index (Phi) is 4.57. The molecule has 0 aliphatic carbocycles. The molecule has 20 heavy (non-hydrogen) atoms. The second kappa shape index (κ2) is 6.38. The Hall–Kier alpha value is -2.09. The van der Waals surface area contributed by atoms with Gasteiger partial charge in [0.05, 0.1) is 0 Å². The van der Waals surface area contributed by atoms with E-state index in [1.54, 1.807) is 12.1 Å². The van der Waals surface area contributed by atoms with Crippen LogP contribution in [-0.4, -0.2) is 37.7 Å². The predicted molar refractivity (Wildman–Crippen MR) is 72.6 cm³/mol. The average molecular weight is 335 g/mol. The number of carbonyl (C=O) groups excluding carboxylic acids is 1. The number of nitriles is 1. The number of rotatable bonds is 5. The molecule has 0 fully saturated rings. The number of nitrogens with zero attached hydrogens (tertiary/aromatic N) is 2. The topological polar surface area (TPSA) is 83.2 Å². The van der Waals surface area contributed by atoms with E-state index in [1.165, 1.54) is 6.07 Å². The van der Waals surface area contributed by atoms with Crippen molar-refractivity contribution in [2.45, 2.75) is 12.8 Å². The van der Waals surface area contributed by atoms with Crippen molar-refractivity contribution in [3.8, 4) is 11.8 Å². The van der Waals surface area contributed by atoms with Crippen LogP contribution >= 0.6 is 0 Å². The molecule has 2 rings (SSSR count). The van der Waals surface area contributed by atoms with Crippen LogP contribution in [0.5, 0.6) is 5.75 Å². The molecule has 1 aromatic heterocycles. The van der Waals surface area contributed by atoms with Gasteiger partial charge in [0.2, 0.25) is 0 Å². The van der Waals surface area contributed by atoms with Crippen molar-refractivity contribution in [3.63, 3.8) is 0 Å². The van der Waals surface area contributed by atoms with Crippen LogP contribution in [0.4, 0.5) is 0 Å². The molecule has 0 aliphatic heterocycles. The molecular weight excluding hydrogens is 323 g/mol. The third-order valence-electron chi connectivity index (χ3n) is 2.97. The summed E-state index contributed by atoms with van der Waals surface area (Å²) >= 11 is 0.117. The zero-order valence-corrected chi connectivity index (χ0v) is 12.5. The summed E-state index contributed by atoms with van der Waals surface area (Å²) in [4.78, 5) is 14.7. The van der Waals surface area contributed by atoms with Gasteiger partial charge in [-0.05, 0) is 0 Å². The van der Waals surface area contributed by atoms with Crippen LogP contribution in [0.15, 0.2) is 23.3 Å². The van der Waals surface area contributed by atoms with E-state index >= 15 is 0 Å². The van der Waals surface area contributed by atoms with Crippen molar-refractivity contribution < 1.29 is 14.6 Å². The number of aromatic hydroxyl groups is 1. The third-order valence-corrected chi connectivity index (χ3v) is 5.17. The zero-order chi connectivity index (χ0) is 14.5. The molecule has 102 valence electrons. The molecule has 0 saturated heterocycles. The Balaban J connectivity index is 2.44. The summed E-state index contributed by atoms with van der Waals surface area (Å²) in [6, 6.07) is 6.80. The first kappa shape index (κ1) is 14.3. The minimum atomic E-state index is -0.129. The molecular formula is C14H12N2O3Se. The number of phenolic OH excluding ortho intramolecular Hbond substituents is 1. The van der Waals surface area contributed by atoms with Gasteiger partial charge in [0, 0.05) is 0 Å². The van der Waals surface area contributed by atoms with E-state index in [0.717, 1.165) is 15.7 Å². The number of benzene rings is 1. The summed E-state index contributed by atoms with van der Waals surface area (Å²) in [6.07, 6.45) is 0. The number of aryl methyl sites for hydroxylation is 1. The molecule has 5 nitrogen and oxygen atoms in total. The molecule has 0 radical (unpaired) electrons. The molecule has 1 atom stereocenters. The standard InChI is InChI=1S/C14H12N2O3Se/c1-9-14(20-7-16-9)12(6-19-8-17)10-2-3-13(18)11(4-10)5-15/h2-4,7-8,12,18H,6H2,1H3. The van der Waals surface area contributed by atoms with E-state index in [0.29, 0.717) is 6.47 Å². The molecule has 2 aromatic rings. The fourth-order valence-corrected chi connectivity index (χ4v) is 3.89. The molecule has 1 heterocycles. The van der Waals surface area contributed by atoms with Crippen molar-refractivity contribution >= 4 is 21.0 Å². The maximum atomic E-state index is 10.5. The summed E-state index contributed by atoms with van der Waals surface area (Å²) in [5, 5.41) is 20.4. The number of hydrogen-bond donors (Lipinski definition) is 1. The van der Waals surface area contributed by atoms with Gasteiger partial charge in [-0.1, -0.05) is 0 Å². The van der Waals surface area contributed by atoms with Crippen LogP contribution in [0, 0.1) is 18.3 Å². The first-order valence-electron chi connectivity index (χ1n) is 5.85. The van der Waals surface area contributed by atoms with E-state index in [1.807, 2.05) is 18.1 Å². The van der Waals surface area contributed by atoms with Crippen LogP contribution in [0.3, 0.4) is 0 Å². The second-order valence-corrected chi connectivity index (χ2v) is 6.03. The van der Waals surface area contributed by atoms with Gasteiger partial charge in [-0.3, -0.25) is 0 Å². The van der Waals surface area contributed by atoms with Crippen molar-refractivity contribution in [1.29, 1.82) is 5.26 Å². The van der Waals surface area contributed by atoms with Crippen molar-refractivity contribution in [2.24, 2.45) is 0 Å². The monoisotopic (exact) mass is 336 g/mol. The molecule has 1 unspecified atom stereocenters. The van der Waals surface area contributed by atoms with Crippen molar-refractivity contribution in [2.75, 3.05) is 6.61 Å². The molecule has 0 bridgehead atoms. The summed E-state index contributed by atoms with van der Waals surface area (Å²) in [7, 11) is 0. The van der Waals surface area contributed by atoms with Crippen LogP contribution in [0.2, 0.25) is 0 Å². The number of aromatic nitrogens is 1. The van der Waals surface area contributed by atoms with Crippen molar-refractivity contribution in [1.82, 2.24) is 4.98 Å². The van der Waals surface area contributed by atoms with E-state index in [-0.39, 0.29) is 38.3 Å². The average Bonchev–Trinajstić information content (AvgIpc) is 2.87.